The van der Waals surface area contributed by atoms with Crippen LogP contribution in [0.15, 0.2) is 0 Å². The zero-order valence-corrected chi connectivity index (χ0v) is 11.6. The molecule has 7 nitrogen and oxygen atoms in total. The molecule has 1 aliphatic carbocycles. The Hall–Kier alpha value is -1.63. The average Bonchev–Trinajstić information content (AvgIpc) is 2.62. The number of carbonyl (C=O) groups excluding carboxylic acids is 2. The molecule has 0 heterocycles. The van der Waals surface area contributed by atoms with Gasteiger partial charge in [0.05, 0.1) is 19.4 Å². The molecule has 0 aliphatic heterocycles. The monoisotopic (exact) mass is 286 g/mol. The summed E-state index contributed by atoms with van der Waals surface area (Å²) in [7, 11) is 1.17. The Labute approximate surface area is 117 Å². The van der Waals surface area contributed by atoms with Gasteiger partial charge in [-0.3, -0.25) is 9.59 Å². The molecule has 0 saturated heterocycles. The molecule has 7 heteroatoms. The second kappa shape index (κ2) is 7.84. The number of amides is 1. The number of ether oxygens (including phenoxy) is 1. The smallest absolute Gasteiger partial charge is 0.326 e. The van der Waals surface area contributed by atoms with Gasteiger partial charge in [0.1, 0.15) is 6.04 Å². The van der Waals surface area contributed by atoms with E-state index in [1.54, 1.807) is 0 Å². The number of methoxy groups -OCH3 is 1. The third kappa shape index (κ3) is 4.80. The predicted octanol–water partition coefficient (Wildman–Crippen LogP) is 0.0265. The van der Waals surface area contributed by atoms with Crippen molar-refractivity contribution in [3.63, 3.8) is 0 Å². The fourth-order valence-corrected chi connectivity index (χ4v) is 2.39. The second-order valence-electron chi connectivity index (χ2n) is 5.09. The van der Waals surface area contributed by atoms with Crippen molar-refractivity contribution in [1.29, 1.82) is 0 Å². The van der Waals surface area contributed by atoms with Gasteiger partial charge in [-0.05, 0) is 12.8 Å². The molecular formula is C13H22N2O5. The van der Waals surface area contributed by atoms with E-state index in [2.05, 4.69) is 10.1 Å². The van der Waals surface area contributed by atoms with Crippen molar-refractivity contribution in [2.75, 3.05) is 7.11 Å². The lowest BCUT2D eigenvalue weighted by atomic mass is 9.94. The van der Waals surface area contributed by atoms with Gasteiger partial charge in [0.25, 0.3) is 0 Å². The van der Waals surface area contributed by atoms with Gasteiger partial charge in [0, 0.05) is 6.04 Å². The van der Waals surface area contributed by atoms with Crippen LogP contribution in [-0.2, 0) is 19.1 Å². The van der Waals surface area contributed by atoms with Gasteiger partial charge in [-0.15, -0.1) is 0 Å². The molecule has 20 heavy (non-hydrogen) atoms. The van der Waals surface area contributed by atoms with Crippen molar-refractivity contribution >= 4 is 17.8 Å². The van der Waals surface area contributed by atoms with Gasteiger partial charge >= 0.3 is 11.9 Å². The number of nitrogens with two attached hydrogens (primary N) is 1. The molecule has 1 saturated carbocycles. The fourth-order valence-electron chi connectivity index (χ4n) is 2.39. The highest BCUT2D eigenvalue weighted by Gasteiger charge is 2.31. The maximum absolute atomic E-state index is 12.1. The molecule has 0 aromatic carbocycles. The van der Waals surface area contributed by atoms with Crippen LogP contribution in [0.25, 0.3) is 0 Å². The Morgan fingerprint density at radius 3 is 2.55 bits per heavy atom. The summed E-state index contributed by atoms with van der Waals surface area (Å²) in [5, 5.41) is 11.4. The number of carboxylic acids is 1. The van der Waals surface area contributed by atoms with E-state index in [4.69, 9.17) is 10.8 Å². The van der Waals surface area contributed by atoms with Crippen molar-refractivity contribution in [3.8, 4) is 0 Å². The molecule has 1 aliphatic rings. The first-order valence-corrected chi connectivity index (χ1v) is 6.81. The molecule has 1 fully saturated rings. The number of aliphatic carboxylic acids is 1. The zero-order valence-electron chi connectivity index (χ0n) is 11.6. The molecular weight excluding hydrogens is 264 g/mol. The van der Waals surface area contributed by atoms with E-state index >= 15 is 0 Å². The van der Waals surface area contributed by atoms with Crippen LogP contribution in [0.3, 0.4) is 0 Å². The van der Waals surface area contributed by atoms with E-state index in [0.717, 1.165) is 25.7 Å². The van der Waals surface area contributed by atoms with Crippen LogP contribution in [-0.4, -0.2) is 42.1 Å². The van der Waals surface area contributed by atoms with Crippen molar-refractivity contribution in [2.24, 2.45) is 11.7 Å². The summed E-state index contributed by atoms with van der Waals surface area (Å²) in [6.07, 6.45) is 3.93. The minimum Gasteiger partial charge on any atom is -0.480 e. The minimum absolute atomic E-state index is 0.259. The number of esters is 1. The van der Waals surface area contributed by atoms with E-state index in [-0.39, 0.29) is 12.5 Å². The number of carbonyl (C=O) groups is 3. The number of nitrogens with one attached hydrogen (secondary N) is 1. The van der Waals surface area contributed by atoms with Crippen molar-refractivity contribution in [3.05, 3.63) is 0 Å². The highest BCUT2D eigenvalue weighted by Crippen LogP contribution is 2.22. The highest BCUT2D eigenvalue weighted by molar-refractivity contribution is 5.88. The topological polar surface area (TPSA) is 119 Å². The van der Waals surface area contributed by atoms with E-state index in [1.807, 2.05) is 0 Å². The summed E-state index contributed by atoms with van der Waals surface area (Å²) in [6, 6.07) is -1.53. The van der Waals surface area contributed by atoms with Crippen LogP contribution in [0.5, 0.6) is 0 Å². The fraction of sp³-hybridized carbons (Fsp3) is 0.769. The summed E-state index contributed by atoms with van der Waals surface area (Å²) >= 11 is 0. The van der Waals surface area contributed by atoms with E-state index < -0.39 is 29.8 Å². The number of hydrogen-bond acceptors (Lipinski definition) is 5. The quantitative estimate of drug-likeness (QED) is 0.484. The standard InChI is InChI=1S/C13H22N2O5/c1-20-11(16)7-10(13(18)19)15-12(17)8-5-3-2-4-6-9(8)14/h8-10H,2-7,14H2,1H3,(H,15,17)(H,18,19)/t8?,9?,10-/m0/s1. The van der Waals surface area contributed by atoms with Gasteiger partial charge in [-0.2, -0.15) is 0 Å². The van der Waals surface area contributed by atoms with Crippen molar-refractivity contribution in [2.45, 2.75) is 50.6 Å². The number of carboxylic acid groups (broad SMARTS) is 1. The van der Waals surface area contributed by atoms with E-state index in [0.29, 0.717) is 6.42 Å². The summed E-state index contributed by atoms with van der Waals surface area (Å²) in [6.45, 7) is 0. The van der Waals surface area contributed by atoms with Crippen LogP contribution in [0.2, 0.25) is 0 Å². The largest absolute Gasteiger partial charge is 0.480 e. The third-order valence-electron chi connectivity index (χ3n) is 3.62. The molecule has 1 amide bonds. The molecule has 3 atom stereocenters. The van der Waals surface area contributed by atoms with Gasteiger partial charge in [-0.1, -0.05) is 19.3 Å². The molecule has 0 aromatic heterocycles. The highest BCUT2D eigenvalue weighted by atomic mass is 16.5. The van der Waals surface area contributed by atoms with Gasteiger partial charge < -0.3 is 20.9 Å². The summed E-state index contributed by atoms with van der Waals surface area (Å²) in [4.78, 5) is 34.3. The molecule has 2 unspecified atom stereocenters. The average molecular weight is 286 g/mol. The first kappa shape index (κ1) is 16.4. The van der Waals surface area contributed by atoms with Gasteiger partial charge in [-0.25, -0.2) is 4.79 Å². The zero-order chi connectivity index (χ0) is 15.1. The molecule has 0 radical (unpaired) electrons. The lowest BCUT2D eigenvalue weighted by Crippen LogP contribution is -2.48. The number of rotatable bonds is 5. The molecule has 4 N–H and O–H groups in total. The Balaban J connectivity index is 2.64. The molecule has 0 spiro atoms. The van der Waals surface area contributed by atoms with Crippen molar-refractivity contribution in [1.82, 2.24) is 5.32 Å². The lowest BCUT2D eigenvalue weighted by Gasteiger charge is -2.22. The Kier molecular flexibility index (Phi) is 6.44. The van der Waals surface area contributed by atoms with Crippen LogP contribution < -0.4 is 11.1 Å². The Bertz CT molecular complexity index is 372. The van der Waals surface area contributed by atoms with Crippen LogP contribution in [0.4, 0.5) is 0 Å². The normalized spacial score (nSPS) is 24.3. The molecule has 114 valence electrons. The first-order valence-electron chi connectivity index (χ1n) is 6.81. The maximum Gasteiger partial charge on any atom is 0.326 e. The second-order valence-corrected chi connectivity index (χ2v) is 5.09. The molecule has 0 aromatic rings. The summed E-state index contributed by atoms with van der Waals surface area (Å²) < 4.78 is 4.42. The molecule has 0 bridgehead atoms. The first-order chi connectivity index (χ1) is 9.45. The Morgan fingerprint density at radius 2 is 1.95 bits per heavy atom. The van der Waals surface area contributed by atoms with Gasteiger partial charge in [0.15, 0.2) is 0 Å². The third-order valence-corrected chi connectivity index (χ3v) is 3.62. The van der Waals surface area contributed by atoms with E-state index in [9.17, 15) is 14.4 Å². The maximum atomic E-state index is 12.1. The van der Waals surface area contributed by atoms with E-state index in [1.165, 1.54) is 7.11 Å². The summed E-state index contributed by atoms with van der Waals surface area (Å²) in [5.41, 5.74) is 5.96. The molecule has 1 rings (SSSR count). The van der Waals surface area contributed by atoms with Crippen LogP contribution >= 0.6 is 0 Å². The van der Waals surface area contributed by atoms with Gasteiger partial charge in [0.2, 0.25) is 5.91 Å². The van der Waals surface area contributed by atoms with Crippen LogP contribution in [0.1, 0.15) is 38.5 Å². The predicted molar refractivity (Wildman–Crippen MR) is 70.7 cm³/mol. The Morgan fingerprint density at radius 1 is 1.30 bits per heavy atom. The SMILES string of the molecule is COC(=O)C[C@H](NC(=O)C1CCCCCC1N)C(=O)O. The minimum atomic E-state index is -1.27. The van der Waals surface area contributed by atoms with Crippen molar-refractivity contribution < 1.29 is 24.2 Å². The van der Waals surface area contributed by atoms with Crippen LogP contribution in [0, 0.1) is 5.92 Å². The number of hydrogen-bond donors (Lipinski definition) is 3. The lowest BCUT2D eigenvalue weighted by molar-refractivity contribution is -0.149. The summed E-state index contributed by atoms with van der Waals surface area (Å²) in [5.74, 6) is -2.72.